The van der Waals surface area contributed by atoms with Crippen LogP contribution in [-0.2, 0) is 4.74 Å². The molecular formula is C11H19F2NO3. The van der Waals surface area contributed by atoms with Crippen molar-refractivity contribution >= 4 is 6.09 Å². The molecule has 4 nitrogen and oxygen atoms in total. The number of aliphatic hydroxyl groups excluding tert-OH is 1. The Morgan fingerprint density at radius 2 is 2.06 bits per heavy atom. The number of carbonyl (C=O) groups excluding carboxylic acids is 1. The predicted molar refractivity (Wildman–Crippen MR) is 57.9 cm³/mol. The van der Waals surface area contributed by atoms with E-state index in [4.69, 9.17) is 9.84 Å². The summed E-state index contributed by atoms with van der Waals surface area (Å²) in [4.78, 5) is 12.9. The molecule has 6 heteroatoms. The third-order valence-corrected chi connectivity index (χ3v) is 2.70. The average Bonchev–Trinajstić information content (AvgIpc) is 2.58. The van der Waals surface area contributed by atoms with Gasteiger partial charge in [0.05, 0.1) is 0 Å². The molecule has 1 N–H and O–H groups in total. The first-order valence-corrected chi connectivity index (χ1v) is 5.61. The van der Waals surface area contributed by atoms with E-state index in [1.54, 1.807) is 20.8 Å². The van der Waals surface area contributed by atoms with Crippen molar-refractivity contribution < 1.29 is 23.4 Å². The highest BCUT2D eigenvalue weighted by molar-refractivity contribution is 5.68. The third-order valence-electron chi connectivity index (χ3n) is 2.70. The summed E-state index contributed by atoms with van der Waals surface area (Å²) in [5.41, 5.74) is -0.644. The van der Waals surface area contributed by atoms with E-state index in [0.29, 0.717) is 0 Å². The number of rotatable bonds is 2. The molecule has 0 spiro atoms. The zero-order valence-corrected chi connectivity index (χ0v) is 10.3. The SMILES string of the molecule is CC(C)(C)OC(=O)N1C[C@H](CO)[C@@H](C(F)F)C1. The van der Waals surface area contributed by atoms with Crippen molar-refractivity contribution in [1.82, 2.24) is 4.90 Å². The lowest BCUT2D eigenvalue weighted by Gasteiger charge is -2.24. The number of ether oxygens (including phenoxy) is 1. The molecule has 0 aromatic carbocycles. The summed E-state index contributed by atoms with van der Waals surface area (Å²) in [5.74, 6) is -1.53. The Labute approximate surface area is 99.5 Å². The van der Waals surface area contributed by atoms with Crippen molar-refractivity contribution in [2.45, 2.75) is 32.8 Å². The van der Waals surface area contributed by atoms with E-state index in [1.807, 2.05) is 0 Å². The van der Waals surface area contributed by atoms with Gasteiger partial charge in [-0.3, -0.25) is 0 Å². The second-order valence-corrected chi connectivity index (χ2v) is 5.33. The second-order valence-electron chi connectivity index (χ2n) is 5.33. The van der Waals surface area contributed by atoms with Crippen molar-refractivity contribution in [2.24, 2.45) is 11.8 Å². The van der Waals surface area contributed by atoms with Gasteiger partial charge in [-0.2, -0.15) is 0 Å². The number of nitrogens with zero attached hydrogens (tertiary/aromatic N) is 1. The van der Waals surface area contributed by atoms with Crippen LogP contribution < -0.4 is 0 Å². The van der Waals surface area contributed by atoms with Gasteiger partial charge < -0.3 is 14.7 Å². The molecule has 1 fully saturated rings. The van der Waals surface area contributed by atoms with Gasteiger partial charge in [-0.15, -0.1) is 0 Å². The summed E-state index contributed by atoms with van der Waals surface area (Å²) in [6.07, 6.45) is -3.13. The van der Waals surface area contributed by atoms with Gasteiger partial charge in [-0.05, 0) is 20.8 Å². The number of carbonyl (C=O) groups is 1. The highest BCUT2D eigenvalue weighted by atomic mass is 19.3. The molecule has 0 unspecified atom stereocenters. The fourth-order valence-electron chi connectivity index (χ4n) is 1.85. The molecule has 0 aliphatic carbocycles. The van der Waals surface area contributed by atoms with Crippen LogP contribution in [0.2, 0.25) is 0 Å². The summed E-state index contributed by atoms with van der Waals surface area (Å²) in [7, 11) is 0. The molecule has 100 valence electrons. The Kier molecular flexibility index (Phi) is 4.30. The summed E-state index contributed by atoms with van der Waals surface area (Å²) in [5, 5.41) is 9.01. The lowest BCUT2D eigenvalue weighted by molar-refractivity contribution is 0.0250. The Hall–Kier alpha value is -0.910. The van der Waals surface area contributed by atoms with Gasteiger partial charge in [-0.25, -0.2) is 13.6 Å². The Bertz CT molecular complexity index is 278. The van der Waals surface area contributed by atoms with Gasteiger partial charge in [-0.1, -0.05) is 0 Å². The molecule has 2 atom stereocenters. The maximum absolute atomic E-state index is 12.7. The normalized spacial score (nSPS) is 25.5. The van der Waals surface area contributed by atoms with E-state index in [-0.39, 0.29) is 19.7 Å². The van der Waals surface area contributed by atoms with E-state index in [0.717, 1.165) is 0 Å². The third kappa shape index (κ3) is 3.80. The number of likely N-dealkylation sites (tertiary alicyclic amines) is 1. The lowest BCUT2D eigenvalue weighted by atomic mass is 9.98. The fourth-order valence-corrected chi connectivity index (χ4v) is 1.85. The number of halogens is 2. The van der Waals surface area contributed by atoms with Gasteiger partial charge in [0.1, 0.15) is 5.60 Å². The number of alkyl halides is 2. The zero-order valence-electron chi connectivity index (χ0n) is 10.3. The predicted octanol–water partition coefficient (Wildman–Crippen LogP) is 1.73. The molecule has 0 bridgehead atoms. The van der Waals surface area contributed by atoms with Gasteiger partial charge in [0.2, 0.25) is 6.43 Å². The zero-order chi connectivity index (χ0) is 13.2. The molecule has 0 radical (unpaired) electrons. The highest BCUT2D eigenvalue weighted by Crippen LogP contribution is 2.29. The van der Waals surface area contributed by atoms with Gasteiger partial charge in [0.25, 0.3) is 0 Å². The monoisotopic (exact) mass is 251 g/mol. The van der Waals surface area contributed by atoms with E-state index in [1.165, 1.54) is 4.90 Å². The minimum atomic E-state index is -2.53. The Morgan fingerprint density at radius 1 is 1.47 bits per heavy atom. The second kappa shape index (κ2) is 5.16. The summed E-state index contributed by atoms with van der Waals surface area (Å²) < 4.78 is 30.4. The molecule has 0 aromatic heterocycles. The van der Waals surface area contributed by atoms with Crippen LogP contribution in [0.1, 0.15) is 20.8 Å². The van der Waals surface area contributed by atoms with Crippen LogP contribution in [0.15, 0.2) is 0 Å². The van der Waals surface area contributed by atoms with E-state index in [9.17, 15) is 13.6 Å². The molecule has 1 aliphatic rings. The maximum atomic E-state index is 12.7. The van der Waals surface area contributed by atoms with Crippen molar-refractivity contribution in [3.8, 4) is 0 Å². The van der Waals surface area contributed by atoms with Gasteiger partial charge >= 0.3 is 6.09 Å². The maximum Gasteiger partial charge on any atom is 0.410 e. The largest absolute Gasteiger partial charge is 0.444 e. The number of hydrogen-bond acceptors (Lipinski definition) is 3. The van der Waals surface area contributed by atoms with Crippen molar-refractivity contribution in [1.29, 1.82) is 0 Å². The van der Waals surface area contributed by atoms with Crippen LogP contribution in [0.4, 0.5) is 13.6 Å². The number of amides is 1. The van der Waals surface area contributed by atoms with E-state index in [2.05, 4.69) is 0 Å². The first-order valence-electron chi connectivity index (χ1n) is 5.61. The van der Waals surface area contributed by atoms with Crippen LogP contribution in [0.5, 0.6) is 0 Å². The van der Waals surface area contributed by atoms with Crippen LogP contribution in [0, 0.1) is 11.8 Å². The standard InChI is InChI=1S/C11H19F2NO3/c1-11(2,3)17-10(16)14-4-7(6-15)8(5-14)9(12)13/h7-9,15H,4-6H2,1-3H3/t7-,8+/m1/s1. The first-order chi connectivity index (χ1) is 7.74. The van der Waals surface area contributed by atoms with Crippen LogP contribution >= 0.6 is 0 Å². The van der Waals surface area contributed by atoms with E-state index >= 15 is 0 Å². The molecule has 1 saturated heterocycles. The number of hydrogen-bond donors (Lipinski definition) is 1. The van der Waals surface area contributed by atoms with Crippen LogP contribution in [0.3, 0.4) is 0 Å². The summed E-state index contributed by atoms with van der Waals surface area (Å²) >= 11 is 0. The molecule has 1 heterocycles. The fraction of sp³-hybridized carbons (Fsp3) is 0.909. The van der Waals surface area contributed by atoms with Gasteiger partial charge in [0, 0.05) is 31.5 Å². The Balaban J connectivity index is 2.61. The molecule has 17 heavy (non-hydrogen) atoms. The highest BCUT2D eigenvalue weighted by Gasteiger charge is 2.41. The topological polar surface area (TPSA) is 49.8 Å². The van der Waals surface area contributed by atoms with Crippen molar-refractivity contribution in [2.75, 3.05) is 19.7 Å². The van der Waals surface area contributed by atoms with Crippen LogP contribution in [0.25, 0.3) is 0 Å². The van der Waals surface area contributed by atoms with E-state index < -0.39 is 30.0 Å². The molecule has 1 aliphatic heterocycles. The molecular weight excluding hydrogens is 232 g/mol. The lowest BCUT2D eigenvalue weighted by Crippen LogP contribution is -2.35. The molecule has 0 aromatic rings. The number of aliphatic hydroxyl groups is 1. The smallest absolute Gasteiger partial charge is 0.410 e. The molecule has 0 saturated carbocycles. The minimum Gasteiger partial charge on any atom is -0.444 e. The first kappa shape index (κ1) is 14.2. The molecule has 1 amide bonds. The van der Waals surface area contributed by atoms with Crippen LogP contribution in [-0.4, -0.2) is 47.8 Å². The summed E-state index contributed by atoms with van der Waals surface area (Å²) in [6, 6.07) is 0. The van der Waals surface area contributed by atoms with Crippen molar-refractivity contribution in [3.05, 3.63) is 0 Å². The average molecular weight is 251 g/mol. The summed E-state index contributed by atoms with van der Waals surface area (Å²) in [6.45, 7) is 4.88. The minimum absolute atomic E-state index is 0.0577. The molecule has 1 rings (SSSR count). The van der Waals surface area contributed by atoms with Gasteiger partial charge in [0.15, 0.2) is 0 Å². The van der Waals surface area contributed by atoms with Crippen molar-refractivity contribution in [3.63, 3.8) is 0 Å². The Morgan fingerprint density at radius 3 is 2.41 bits per heavy atom. The quantitative estimate of drug-likeness (QED) is 0.813.